The van der Waals surface area contributed by atoms with Crippen molar-refractivity contribution in [3.05, 3.63) is 86.8 Å². The molecular formula is C25H24BrClN2O3S. The highest BCUT2D eigenvalue weighted by Gasteiger charge is 2.14. The molecule has 172 valence electrons. The normalized spacial score (nSPS) is 11.9. The van der Waals surface area contributed by atoms with Crippen molar-refractivity contribution in [1.29, 1.82) is 0 Å². The van der Waals surface area contributed by atoms with Crippen LogP contribution in [-0.2, 0) is 11.4 Å². The predicted octanol–water partition coefficient (Wildman–Crippen LogP) is 6.63. The van der Waals surface area contributed by atoms with Crippen LogP contribution in [0.1, 0.15) is 23.6 Å². The van der Waals surface area contributed by atoms with Gasteiger partial charge in [-0.15, -0.1) is 11.8 Å². The lowest BCUT2D eigenvalue weighted by molar-refractivity contribution is -0.120. The number of amides is 1. The van der Waals surface area contributed by atoms with E-state index in [1.54, 1.807) is 19.4 Å². The Morgan fingerprint density at radius 1 is 1.18 bits per heavy atom. The quantitative estimate of drug-likeness (QED) is 0.186. The highest BCUT2D eigenvalue weighted by atomic mass is 79.9. The average molecular weight is 548 g/mol. The van der Waals surface area contributed by atoms with Crippen molar-refractivity contribution in [3.63, 3.8) is 0 Å². The Hall–Kier alpha value is -2.48. The smallest absolute Gasteiger partial charge is 0.253 e. The summed E-state index contributed by atoms with van der Waals surface area (Å²) in [7, 11) is 1.57. The summed E-state index contributed by atoms with van der Waals surface area (Å²) in [5, 5.41) is 4.49. The number of nitrogens with one attached hydrogen (secondary N) is 1. The molecule has 0 unspecified atom stereocenters. The second kappa shape index (κ2) is 12.1. The lowest BCUT2D eigenvalue weighted by Crippen LogP contribution is -2.26. The molecule has 3 aromatic carbocycles. The van der Waals surface area contributed by atoms with Gasteiger partial charge < -0.3 is 9.47 Å². The Morgan fingerprint density at radius 3 is 2.55 bits per heavy atom. The first-order chi connectivity index (χ1) is 15.9. The van der Waals surface area contributed by atoms with E-state index in [0.717, 1.165) is 16.0 Å². The maximum absolute atomic E-state index is 12.4. The van der Waals surface area contributed by atoms with E-state index in [9.17, 15) is 4.79 Å². The summed E-state index contributed by atoms with van der Waals surface area (Å²) in [6.07, 6.45) is 1.57. The highest BCUT2D eigenvalue weighted by Crippen LogP contribution is 2.37. The van der Waals surface area contributed by atoms with Crippen LogP contribution in [0, 0.1) is 6.92 Å². The third-order valence-electron chi connectivity index (χ3n) is 4.64. The molecule has 0 saturated carbocycles. The Bertz CT molecular complexity index is 1120. The maximum Gasteiger partial charge on any atom is 0.253 e. The summed E-state index contributed by atoms with van der Waals surface area (Å²) in [5.41, 5.74) is 5.51. The maximum atomic E-state index is 12.4. The van der Waals surface area contributed by atoms with Crippen molar-refractivity contribution >= 4 is 51.4 Å². The van der Waals surface area contributed by atoms with Gasteiger partial charge in [0.2, 0.25) is 0 Å². The van der Waals surface area contributed by atoms with Gasteiger partial charge in [-0.25, -0.2) is 5.43 Å². The monoisotopic (exact) mass is 546 g/mol. The van der Waals surface area contributed by atoms with Gasteiger partial charge in [0.15, 0.2) is 11.5 Å². The van der Waals surface area contributed by atoms with E-state index in [2.05, 4.69) is 26.5 Å². The van der Waals surface area contributed by atoms with Gasteiger partial charge in [0.05, 0.1) is 23.0 Å². The Labute approximate surface area is 211 Å². The molecule has 3 rings (SSSR count). The van der Waals surface area contributed by atoms with Crippen LogP contribution in [0.5, 0.6) is 11.5 Å². The fourth-order valence-corrected chi connectivity index (χ4v) is 4.39. The molecular weight excluding hydrogens is 524 g/mol. The molecule has 0 fully saturated rings. The molecule has 0 aromatic heterocycles. The summed E-state index contributed by atoms with van der Waals surface area (Å²) in [6.45, 7) is 4.25. The zero-order valence-electron chi connectivity index (χ0n) is 18.5. The topological polar surface area (TPSA) is 59.9 Å². The van der Waals surface area contributed by atoms with E-state index in [1.807, 2.05) is 68.4 Å². The van der Waals surface area contributed by atoms with Crippen molar-refractivity contribution in [3.8, 4) is 11.5 Å². The summed E-state index contributed by atoms with van der Waals surface area (Å²) >= 11 is 10.9. The third kappa shape index (κ3) is 7.52. The molecule has 0 aliphatic rings. The Morgan fingerprint density at radius 2 is 1.88 bits per heavy atom. The van der Waals surface area contributed by atoms with E-state index in [0.29, 0.717) is 27.6 Å². The second-order valence-electron chi connectivity index (χ2n) is 7.26. The van der Waals surface area contributed by atoms with Gasteiger partial charge in [-0.05, 0) is 77.3 Å². The molecule has 1 N–H and O–H groups in total. The van der Waals surface area contributed by atoms with Crippen LogP contribution >= 0.6 is 39.3 Å². The molecule has 0 spiro atoms. The first kappa shape index (κ1) is 25.1. The van der Waals surface area contributed by atoms with E-state index < -0.39 is 0 Å². The molecule has 0 radical (unpaired) electrons. The molecule has 5 nitrogen and oxygen atoms in total. The van der Waals surface area contributed by atoms with Crippen LogP contribution in [0.2, 0.25) is 5.02 Å². The number of halogens is 2. The lowest BCUT2D eigenvalue weighted by atomic mass is 10.2. The van der Waals surface area contributed by atoms with Crippen LogP contribution in [0.25, 0.3) is 0 Å². The molecule has 1 amide bonds. The van der Waals surface area contributed by atoms with Gasteiger partial charge in [-0.1, -0.05) is 41.4 Å². The molecule has 0 heterocycles. The van der Waals surface area contributed by atoms with Crippen LogP contribution < -0.4 is 14.9 Å². The minimum absolute atomic E-state index is 0.175. The van der Waals surface area contributed by atoms with Gasteiger partial charge >= 0.3 is 0 Å². The number of hydrogen-bond acceptors (Lipinski definition) is 5. The minimum atomic E-state index is -0.283. The standard InChI is InChI=1S/C25H24BrClN2O3S/c1-16-4-10-21(11-5-16)33-17(2)25(30)29-28-14-19-12-22(26)24(23(13-19)31-3)32-15-18-6-8-20(27)9-7-18/h4-14,17H,15H2,1-3H3,(H,29,30)/b28-14-/t17-/m0/s1. The van der Waals surface area contributed by atoms with Crippen LogP contribution in [0.15, 0.2) is 75.1 Å². The molecule has 0 bridgehead atoms. The molecule has 1 atom stereocenters. The summed E-state index contributed by atoms with van der Waals surface area (Å²) in [6, 6.07) is 19.2. The first-order valence-electron chi connectivity index (χ1n) is 10.2. The van der Waals surface area contributed by atoms with E-state index in [1.165, 1.54) is 17.3 Å². The fraction of sp³-hybridized carbons (Fsp3) is 0.200. The van der Waals surface area contributed by atoms with Crippen molar-refractivity contribution in [1.82, 2.24) is 5.43 Å². The van der Waals surface area contributed by atoms with Crippen LogP contribution in [-0.4, -0.2) is 24.5 Å². The number of hydrazone groups is 1. The molecule has 0 aliphatic heterocycles. The highest BCUT2D eigenvalue weighted by molar-refractivity contribution is 9.10. The second-order valence-corrected chi connectivity index (χ2v) is 9.96. The number of nitrogens with zero attached hydrogens (tertiary/aromatic N) is 1. The average Bonchev–Trinajstić information content (AvgIpc) is 2.80. The summed E-state index contributed by atoms with van der Waals surface area (Å²) in [4.78, 5) is 13.4. The van der Waals surface area contributed by atoms with E-state index in [-0.39, 0.29) is 11.2 Å². The van der Waals surface area contributed by atoms with Crippen molar-refractivity contribution in [2.75, 3.05) is 7.11 Å². The molecule has 8 heteroatoms. The molecule has 0 aliphatic carbocycles. The van der Waals surface area contributed by atoms with Gasteiger partial charge in [0.25, 0.3) is 5.91 Å². The number of methoxy groups -OCH3 is 1. The predicted molar refractivity (Wildman–Crippen MR) is 139 cm³/mol. The number of hydrogen-bond donors (Lipinski definition) is 1. The van der Waals surface area contributed by atoms with Gasteiger partial charge in [-0.2, -0.15) is 5.10 Å². The number of carbonyl (C=O) groups is 1. The largest absolute Gasteiger partial charge is 0.493 e. The van der Waals surface area contributed by atoms with E-state index >= 15 is 0 Å². The lowest BCUT2D eigenvalue weighted by Gasteiger charge is -2.14. The minimum Gasteiger partial charge on any atom is -0.493 e. The first-order valence-corrected chi connectivity index (χ1v) is 12.2. The Balaban J connectivity index is 1.60. The van der Waals surface area contributed by atoms with Crippen LogP contribution in [0.4, 0.5) is 0 Å². The number of ether oxygens (including phenoxy) is 2. The SMILES string of the molecule is COc1cc(/C=N\NC(=O)[C@H](C)Sc2ccc(C)cc2)cc(Br)c1OCc1ccc(Cl)cc1. The zero-order valence-corrected chi connectivity index (χ0v) is 21.6. The number of carbonyl (C=O) groups excluding carboxylic acids is 1. The number of thioether (sulfide) groups is 1. The Kier molecular flexibility index (Phi) is 9.23. The number of rotatable bonds is 9. The summed E-state index contributed by atoms with van der Waals surface area (Å²) < 4.78 is 12.1. The zero-order chi connectivity index (χ0) is 23.8. The molecule has 0 saturated heterocycles. The summed E-state index contributed by atoms with van der Waals surface area (Å²) in [5.74, 6) is 0.955. The van der Waals surface area contributed by atoms with Crippen molar-refractivity contribution in [2.45, 2.75) is 30.6 Å². The number of aryl methyl sites for hydroxylation is 1. The van der Waals surface area contributed by atoms with Crippen LogP contribution in [0.3, 0.4) is 0 Å². The van der Waals surface area contributed by atoms with Gasteiger partial charge in [0, 0.05) is 9.92 Å². The molecule has 3 aromatic rings. The van der Waals surface area contributed by atoms with Gasteiger partial charge in [0.1, 0.15) is 6.61 Å². The third-order valence-corrected chi connectivity index (χ3v) is 6.59. The molecule has 33 heavy (non-hydrogen) atoms. The van der Waals surface area contributed by atoms with Gasteiger partial charge in [-0.3, -0.25) is 4.79 Å². The van der Waals surface area contributed by atoms with E-state index in [4.69, 9.17) is 21.1 Å². The van der Waals surface area contributed by atoms with Crippen molar-refractivity contribution in [2.24, 2.45) is 5.10 Å². The van der Waals surface area contributed by atoms with Crippen molar-refractivity contribution < 1.29 is 14.3 Å². The fourth-order valence-electron chi connectivity index (χ4n) is 2.83. The number of benzene rings is 3.